The molecule has 126 valence electrons. The molecule has 0 saturated heterocycles. The van der Waals surface area contributed by atoms with Crippen LogP contribution in [0, 0.1) is 3.57 Å². The molecular weight excluding hydrogens is 435 g/mol. The van der Waals surface area contributed by atoms with Crippen molar-refractivity contribution in [2.75, 3.05) is 6.61 Å². The number of nitrogens with zero attached hydrogens (tertiary/aromatic N) is 4. The molecule has 0 bridgehead atoms. The van der Waals surface area contributed by atoms with Crippen molar-refractivity contribution in [3.05, 3.63) is 79.2 Å². The molecule has 1 aliphatic heterocycles. The molecule has 0 aliphatic carbocycles. The number of azide groups is 1. The third-order valence-corrected chi connectivity index (χ3v) is 4.68. The Kier molecular flexibility index (Phi) is 4.76. The monoisotopic (exact) mass is 448 g/mol. The molecule has 25 heavy (non-hydrogen) atoms. The number of hydrogen-bond acceptors (Lipinski definition) is 4. The predicted molar refractivity (Wildman–Crippen MR) is 98.6 cm³/mol. The van der Waals surface area contributed by atoms with E-state index in [-0.39, 0.29) is 6.61 Å². The zero-order valence-electron chi connectivity index (χ0n) is 13.2. The van der Waals surface area contributed by atoms with Crippen molar-refractivity contribution >= 4 is 34.4 Å². The van der Waals surface area contributed by atoms with E-state index in [4.69, 9.17) is 10.4 Å². The van der Waals surface area contributed by atoms with Gasteiger partial charge in [-0.15, -0.1) is 5.06 Å². The first-order valence-corrected chi connectivity index (χ1v) is 8.47. The number of hydrogen-bond donors (Lipinski definition) is 0. The Morgan fingerprint density at radius 2 is 1.68 bits per heavy atom. The Hall–Kier alpha value is -2.42. The molecule has 0 N–H and O–H groups in total. The summed E-state index contributed by atoms with van der Waals surface area (Å²) in [7, 11) is 0. The van der Waals surface area contributed by atoms with Gasteiger partial charge in [-0.05, 0) is 64.9 Å². The molecule has 0 spiro atoms. The maximum Gasteiger partial charge on any atom is 0.285 e. The second-order valence-electron chi connectivity index (χ2n) is 5.69. The fraction of sp³-hybridized carbons (Fsp3) is 0.176. The Balaban J connectivity index is 1.83. The van der Waals surface area contributed by atoms with Gasteiger partial charge in [-0.2, -0.15) is 0 Å². The predicted octanol–water partition coefficient (Wildman–Crippen LogP) is 4.04. The number of hydroxylamine groups is 2. The molecule has 1 unspecified atom stereocenters. The molecule has 0 saturated carbocycles. The van der Waals surface area contributed by atoms with Crippen molar-refractivity contribution in [3.8, 4) is 0 Å². The van der Waals surface area contributed by atoms with Crippen molar-refractivity contribution in [2.45, 2.75) is 12.5 Å². The third-order valence-electron chi connectivity index (χ3n) is 3.96. The molecule has 2 aromatic carbocycles. The van der Waals surface area contributed by atoms with Gasteiger partial charge in [0.25, 0.3) is 11.8 Å². The minimum absolute atomic E-state index is 0.150. The van der Waals surface area contributed by atoms with Crippen LogP contribution in [-0.4, -0.2) is 23.5 Å². The van der Waals surface area contributed by atoms with E-state index in [0.717, 1.165) is 14.2 Å². The first-order chi connectivity index (χ1) is 12.0. The summed E-state index contributed by atoms with van der Waals surface area (Å²) in [6.07, 6.45) is 0. The van der Waals surface area contributed by atoms with Crippen LogP contribution in [0.4, 0.5) is 0 Å². The van der Waals surface area contributed by atoms with Gasteiger partial charge in [-0.3, -0.25) is 14.4 Å². The highest BCUT2D eigenvalue weighted by Crippen LogP contribution is 2.29. The summed E-state index contributed by atoms with van der Waals surface area (Å²) < 4.78 is 1.03. The van der Waals surface area contributed by atoms with Crippen molar-refractivity contribution in [2.24, 2.45) is 5.11 Å². The summed E-state index contributed by atoms with van der Waals surface area (Å²) in [5.74, 6) is -1.04. The molecule has 0 radical (unpaired) electrons. The molecular formula is C17H13IN4O3. The average Bonchev–Trinajstić information content (AvgIpc) is 2.85. The van der Waals surface area contributed by atoms with Crippen LogP contribution in [0.3, 0.4) is 0 Å². The van der Waals surface area contributed by atoms with Gasteiger partial charge in [0.05, 0.1) is 23.3 Å². The van der Waals surface area contributed by atoms with Crippen LogP contribution in [0.25, 0.3) is 10.4 Å². The molecule has 8 heteroatoms. The molecule has 0 aromatic heterocycles. The lowest BCUT2D eigenvalue weighted by Crippen LogP contribution is -2.36. The molecule has 7 nitrogen and oxygen atoms in total. The normalized spacial score (nSPS) is 15.5. The minimum Gasteiger partial charge on any atom is -0.266 e. The SMILES string of the molecule is CC(CON1C(=O)c2ccccc2C1=O)(N=[N+]=[N-])c1ccc(I)cc1. The van der Waals surface area contributed by atoms with Crippen LogP contribution >= 0.6 is 22.6 Å². The number of amides is 2. The zero-order chi connectivity index (χ0) is 18.0. The largest absolute Gasteiger partial charge is 0.285 e. The van der Waals surface area contributed by atoms with E-state index in [1.807, 2.05) is 24.3 Å². The average molecular weight is 448 g/mol. The number of halogens is 1. The van der Waals surface area contributed by atoms with Crippen LogP contribution in [0.15, 0.2) is 53.6 Å². The first-order valence-electron chi connectivity index (χ1n) is 7.39. The van der Waals surface area contributed by atoms with Gasteiger partial charge in [-0.1, -0.05) is 29.4 Å². The van der Waals surface area contributed by atoms with Gasteiger partial charge >= 0.3 is 0 Å². The first kappa shape index (κ1) is 17.4. The van der Waals surface area contributed by atoms with E-state index in [2.05, 4.69) is 32.6 Å². The topological polar surface area (TPSA) is 95.4 Å². The molecule has 0 fully saturated rings. The van der Waals surface area contributed by atoms with Gasteiger partial charge in [0.2, 0.25) is 0 Å². The highest BCUT2D eigenvalue weighted by molar-refractivity contribution is 14.1. The number of carbonyl (C=O) groups is 2. The quantitative estimate of drug-likeness (QED) is 0.227. The lowest BCUT2D eigenvalue weighted by Gasteiger charge is -2.26. The van der Waals surface area contributed by atoms with Gasteiger partial charge in [-0.25, -0.2) is 0 Å². The summed E-state index contributed by atoms with van der Waals surface area (Å²) in [6.45, 7) is 1.54. The summed E-state index contributed by atoms with van der Waals surface area (Å²) in [5, 5.41) is 4.54. The van der Waals surface area contributed by atoms with Crippen molar-refractivity contribution in [1.82, 2.24) is 5.06 Å². The van der Waals surface area contributed by atoms with Crippen LogP contribution in [0.5, 0.6) is 0 Å². The summed E-state index contributed by atoms with van der Waals surface area (Å²) in [5.41, 5.74) is 9.17. The summed E-state index contributed by atoms with van der Waals surface area (Å²) >= 11 is 2.17. The number of imide groups is 1. The van der Waals surface area contributed by atoms with Gasteiger partial charge in [0, 0.05) is 8.48 Å². The summed E-state index contributed by atoms with van der Waals surface area (Å²) in [6, 6.07) is 13.9. The Morgan fingerprint density at radius 1 is 1.12 bits per heavy atom. The highest BCUT2D eigenvalue weighted by Gasteiger charge is 2.38. The van der Waals surface area contributed by atoms with E-state index in [1.165, 1.54) is 0 Å². The van der Waals surface area contributed by atoms with Crippen molar-refractivity contribution < 1.29 is 14.4 Å². The Morgan fingerprint density at radius 3 is 2.20 bits per heavy atom. The Bertz CT molecular complexity index is 858. The van der Waals surface area contributed by atoms with Crippen molar-refractivity contribution in [1.29, 1.82) is 0 Å². The lowest BCUT2D eigenvalue weighted by molar-refractivity contribution is -0.106. The second kappa shape index (κ2) is 6.83. The molecule has 1 atom stereocenters. The van der Waals surface area contributed by atoms with Crippen LogP contribution < -0.4 is 0 Å². The van der Waals surface area contributed by atoms with Gasteiger partial charge < -0.3 is 0 Å². The second-order valence-corrected chi connectivity index (χ2v) is 6.94. The maximum atomic E-state index is 12.3. The maximum absolute atomic E-state index is 12.3. The number of rotatable bonds is 5. The Labute approximate surface area is 157 Å². The fourth-order valence-corrected chi connectivity index (χ4v) is 2.91. The highest BCUT2D eigenvalue weighted by atomic mass is 127. The van der Waals surface area contributed by atoms with Crippen LogP contribution in [0.1, 0.15) is 33.2 Å². The molecule has 2 aromatic rings. The van der Waals surface area contributed by atoms with Crippen molar-refractivity contribution in [3.63, 3.8) is 0 Å². The lowest BCUT2D eigenvalue weighted by atomic mass is 9.94. The van der Waals surface area contributed by atoms with E-state index < -0.39 is 17.4 Å². The van der Waals surface area contributed by atoms with E-state index in [9.17, 15) is 9.59 Å². The van der Waals surface area contributed by atoms with E-state index >= 15 is 0 Å². The molecule has 1 aliphatic rings. The molecule has 3 rings (SSSR count). The number of benzene rings is 2. The standard InChI is InChI=1S/C17H13IN4O3/c1-17(20-21-19,11-6-8-12(18)9-7-11)10-25-22-15(23)13-4-2-3-5-14(13)16(22)24/h2-9H,10H2,1H3. The fourth-order valence-electron chi connectivity index (χ4n) is 2.55. The molecule has 1 heterocycles. The van der Waals surface area contributed by atoms with Crippen LogP contribution in [-0.2, 0) is 10.4 Å². The van der Waals surface area contributed by atoms with Crippen LogP contribution in [0.2, 0.25) is 0 Å². The number of fused-ring (bicyclic) bond motifs is 1. The van der Waals surface area contributed by atoms with E-state index in [1.54, 1.807) is 31.2 Å². The van der Waals surface area contributed by atoms with Gasteiger partial charge in [0.15, 0.2) is 0 Å². The third kappa shape index (κ3) is 3.23. The zero-order valence-corrected chi connectivity index (χ0v) is 15.4. The number of carbonyl (C=O) groups excluding carboxylic acids is 2. The molecule has 2 amide bonds. The van der Waals surface area contributed by atoms with E-state index in [0.29, 0.717) is 11.1 Å². The van der Waals surface area contributed by atoms with Gasteiger partial charge in [0.1, 0.15) is 0 Å². The minimum atomic E-state index is -1.06. The summed E-state index contributed by atoms with van der Waals surface area (Å²) in [4.78, 5) is 33.0. The smallest absolute Gasteiger partial charge is 0.266 e.